The zero-order chi connectivity index (χ0) is 21.6. The molecule has 0 spiro atoms. The number of methoxy groups -OCH3 is 1. The molecule has 1 aromatic carbocycles. The molecule has 1 atom stereocenters. The number of benzene rings is 1. The van der Waals surface area contributed by atoms with Crippen LogP contribution in [0.15, 0.2) is 47.1 Å². The normalized spacial score (nSPS) is 18.5. The lowest BCUT2D eigenvalue weighted by atomic mass is 9.91. The molecule has 4 rings (SSSR count). The SMILES string of the molecule is COc1ccc([C@H](C(=O)NC2CCCC2)N(C(=O)c2ccco2)C2CCCCC2)cc1. The van der Waals surface area contributed by atoms with Gasteiger partial charge in [0.2, 0.25) is 5.91 Å². The van der Waals surface area contributed by atoms with Crippen molar-refractivity contribution in [2.45, 2.75) is 75.9 Å². The first-order valence-electron chi connectivity index (χ1n) is 11.5. The molecule has 2 amide bonds. The second-order valence-electron chi connectivity index (χ2n) is 8.65. The van der Waals surface area contributed by atoms with Gasteiger partial charge in [0.1, 0.15) is 11.8 Å². The zero-order valence-electron chi connectivity index (χ0n) is 18.2. The van der Waals surface area contributed by atoms with Crippen LogP contribution in [-0.4, -0.2) is 35.9 Å². The first-order valence-corrected chi connectivity index (χ1v) is 11.5. The van der Waals surface area contributed by atoms with Gasteiger partial charge in [0, 0.05) is 12.1 Å². The second-order valence-corrected chi connectivity index (χ2v) is 8.65. The summed E-state index contributed by atoms with van der Waals surface area (Å²) in [4.78, 5) is 29.0. The van der Waals surface area contributed by atoms with Crippen molar-refractivity contribution < 1.29 is 18.7 Å². The fourth-order valence-electron chi connectivity index (χ4n) is 4.96. The van der Waals surface area contributed by atoms with Crippen LogP contribution < -0.4 is 10.1 Å². The predicted molar refractivity (Wildman–Crippen MR) is 118 cm³/mol. The molecule has 2 aliphatic rings. The van der Waals surface area contributed by atoms with Crippen molar-refractivity contribution in [3.8, 4) is 5.75 Å². The molecule has 0 bridgehead atoms. The Morgan fingerprint density at radius 1 is 1.00 bits per heavy atom. The monoisotopic (exact) mass is 424 g/mol. The van der Waals surface area contributed by atoms with Crippen LogP contribution in [0, 0.1) is 0 Å². The van der Waals surface area contributed by atoms with Crippen LogP contribution in [-0.2, 0) is 4.79 Å². The number of rotatable bonds is 7. The molecule has 0 aliphatic heterocycles. The van der Waals surface area contributed by atoms with Crippen molar-refractivity contribution >= 4 is 11.8 Å². The van der Waals surface area contributed by atoms with Gasteiger partial charge in [-0.2, -0.15) is 0 Å². The Morgan fingerprint density at radius 2 is 1.68 bits per heavy atom. The Hall–Kier alpha value is -2.76. The third kappa shape index (κ3) is 4.94. The van der Waals surface area contributed by atoms with E-state index in [2.05, 4.69) is 5.32 Å². The largest absolute Gasteiger partial charge is 0.497 e. The Morgan fingerprint density at radius 3 is 2.29 bits per heavy atom. The number of carbonyl (C=O) groups excluding carboxylic acids is 2. The molecular formula is C25H32N2O4. The van der Waals surface area contributed by atoms with Crippen molar-refractivity contribution in [1.29, 1.82) is 0 Å². The van der Waals surface area contributed by atoms with E-state index in [9.17, 15) is 9.59 Å². The van der Waals surface area contributed by atoms with E-state index in [1.807, 2.05) is 24.3 Å². The maximum atomic E-state index is 13.6. The third-order valence-corrected chi connectivity index (χ3v) is 6.59. The zero-order valence-corrected chi connectivity index (χ0v) is 18.2. The van der Waals surface area contributed by atoms with Crippen molar-refractivity contribution in [3.63, 3.8) is 0 Å². The minimum atomic E-state index is -0.702. The molecule has 1 heterocycles. The van der Waals surface area contributed by atoms with Crippen LogP contribution in [0.25, 0.3) is 0 Å². The molecule has 6 heteroatoms. The average molecular weight is 425 g/mol. The second kappa shape index (κ2) is 10.0. The summed E-state index contributed by atoms with van der Waals surface area (Å²) >= 11 is 0. The van der Waals surface area contributed by atoms with Gasteiger partial charge in [0.25, 0.3) is 5.91 Å². The molecule has 2 aromatic rings. The van der Waals surface area contributed by atoms with Gasteiger partial charge in [-0.15, -0.1) is 0 Å². The Labute approximate surface area is 183 Å². The highest BCUT2D eigenvalue weighted by molar-refractivity contribution is 5.96. The molecule has 6 nitrogen and oxygen atoms in total. The van der Waals surface area contributed by atoms with Crippen LogP contribution >= 0.6 is 0 Å². The number of ether oxygens (including phenoxy) is 1. The standard InChI is InChI=1S/C25H32N2O4/c1-30-21-15-13-18(14-16-21)23(24(28)26-19-8-5-6-9-19)27(20-10-3-2-4-11-20)25(29)22-12-7-17-31-22/h7,12-17,19-20,23H,2-6,8-11H2,1H3,(H,26,28)/t23-/m1/s1. The summed E-state index contributed by atoms with van der Waals surface area (Å²) in [6, 6.07) is 10.4. The summed E-state index contributed by atoms with van der Waals surface area (Å²) in [5.41, 5.74) is 0.793. The lowest BCUT2D eigenvalue weighted by Crippen LogP contribution is -2.50. The topological polar surface area (TPSA) is 71.8 Å². The fraction of sp³-hybridized carbons (Fsp3) is 0.520. The molecule has 166 valence electrons. The number of nitrogens with one attached hydrogen (secondary N) is 1. The van der Waals surface area contributed by atoms with E-state index < -0.39 is 6.04 Å². The van der Waals surface area contributed by atoms with E-state index in [1.165, 1.54) is 12.7 Å². The van der Waals surface area contributed by atoms with Gasteiger partial charge in [0.15, 0.2) is 5.76 Å². The molecular weight excluding hydrogens is 392 g/mol. The van der Waals surface area contributed by atoms with Crippen molar-refractivity contribution in [3.05, 3.63) is 54.0 Å². The first-order chi connectivity index (χ1) is 15.2. The molecule has 0 saturated heterocycles. The number of hydrogen-bond donors (Lipinski definition) is 1. The van der Waals surface area contributed by atoms with E-state index in [1.54, 1.807) is 24.1 Å². The number of hydrogen-bond acceptors (Lipinski definition) is 4. The van der Waals surface area contributed by atoms with Crippen LogP contribution in [0.4, 0.5) is 0 Å². The molecule has 1 N–H and O–H groups in total. The van der Waals surface area contributed by atoms with Gasteiger partial charge < -0.3 is 19.4 Å². The predicted octanol–water partition coefficient (Wildman–Crippen LogP) is 4.86. The lowest BCUT2D eigenvalue weighted by molar-refractivity contribution is -0.127. The van der Waals surface area contributed by atoms with Crippen LogP contribution in [0.3, 0.4) is 0 Å². The number of amides is 2. The molecule has 0 unspecified atom stereocenters. The van der Waals surface area contributed by atoms with Crippen LogP contribution in [0.5, 0.6) is 5.75 Å². The smallest absolute Gasteiger partial charge is 0.290 e. The van der Waals surface area contributed by atoms with Gasteiger partial charge in [-0.1, -0.05) is 44.2 Å². The summed E-state index contributed by atoms with van der Waals surface area (Å²) in [5, 5.41) is 3.23. The summed E-state index contributed by atoms with van der Waals surface area (Å²) in [7, 11) is 1.62. The van der Waals surface area contributed by atoms with Crippen LogP contribution in [0.1, 0.15) is 79.9 Å². The van der Waals surface area contributed by atoms with E-state index in [0.717, 1.165) is 62.7 Å². The van der Waals surface area contributed by atoms with E-state index in [4.69, 9.17) is 9.15 Å². The van der Waals surface area contributed by atoms with Gasteiger partial charge in [-0.3, -0.25) is 9.59 Å². The first kappa shape index (κ1) is 21.5. The highest BCUT2D eigenvalue weighted by Gasteiger charge is 2.39. The van der Waals surface area contributed by atoms with E-state index in [-0.39, 0.29) is 29.7 Å². The fourth-order valence-corrected chi connectivity index (χ4v) is 4.96. The third-order valence-electron chi connectivity index (χ3n) is 6.59. The number of nitrogens with zero attached hydrogens (tertiary/aromatic N) is 1. The summed E-state index contributed by atoms with van der Waals surface area (Å²) in [6.45, 7) is 0. The molecule has 2 aliphatic carbocycles. The maximum Gasteiger partial charge on any atom is 0.290 e. The minimum absolute atomic E-state index is 0.00720. The number of furan rings is 1. The quantitative estimate of drug-likeness (QED) is 0.689. The molecule has 0 radical (unpaired) electrons. The molecule has 2 saturated carbocycles. The van der Waals surface area contributed by atoms with Crippen LogP contribution in [0.2, 0.25) is 0 Å². The van der Waals surface area contributed by atoms with Crippen molar-refractivity contribution in [2.75, 3.05) is 7.11 Å². The maximum absolute atomic E-state index is 13.6. The molecule has 2 fully saturated rings. The Kier molecular flexibility index (Phi) is 6.95. The summed E-state index contributed by atoms with van der Waals surface area (Å²) < 4.78 is 10.8. The van der Waals surface area contributed by atoms with E-state index in [0.29, 0.717) is 0 Å². The van der Waals surface area contributed by atoms with Crippen molar-refractivity contribution in [2.24, 2.45) is 0 Å². The Bertz CT molecular complexity index is 850. The van der Waals surface area contributed by atoms with Gasteiger partial charge in [-0.05, 0) is 55.5 Å². The number of carbonyl (C=O) groups is 2. The summed E-state index contributed by atoms with van der Waals surface area (Å²) in [6.07, 6.45) is 10.9. The molecule has 1 aromatic heterocycles. The van der Waals surface area contributed by atoms with Gasteiger partial charge in [0.05, 0.1) is 13.4 Å². The molecule has 31 heavy (non-hydrogen) atoms. The van der Waals surface area contributed by atoms with Crippen molar-refractivity contribution in [1.82, 2.24) is 10.2 Å². The highest BCUT2D eigenvalue weighted by Crippen LogP contribution is 2.33. The van der Waals surface area contributed by atoms with Gasteiger partial charge in [-0.25, -0.2) is 0 Å². The van der Waals surface area contributed by atoms with Gasteiger partial charge >= 0.3 is 0 Å². The minimum Gasteiger partial charge on any atom is -0.497 e. The highest BCUT2D eigenvalue weighted by atomic mass is 16.5. The lowest BCUT2D eigenvalue weighted by Gasteiger charge is -2.39. The summed E-state index contributed by atoms with van der Waals surface area (Å²) in [5.74, 6) is 0.667. The Balaban J connectivity index is 1.71. The average Bonchev–Trinajstić information content (AvgIpc) is 3.52. The van der Waals surface area contributed by atoms with E-state index >= 15 is 0 Å².